The molecule has 1 rings (SSSR count). The minimum Gasteiger partial charge on any atom is -0.480 e. The molecule has 100 valence electrons. The standard InChI is InChI=1S/C14H27NO2/c1-4-6-12(13(16)17)15-11-7-5-9-14(2,3)10-8-11/h11-12,15H,4-10H2,1-3H3,(H,16,17). The highest BCUT2D eigenvalue weighted by atomic mass is 16.4. The lowest BCUT2D eigenvalue weighted by molar-refractivity contribution is -0.139. The average Bonchev–Trinajstić information content (AvgIpc) is 2.39. The lowest BCUT2D eigenvalue weighted by Gasteiger charge is -2.24. The summed E-state index contributed by atoms with van der Waals surface area (Å²) in [4.78, 5) is 11.1. The zero-order valence-corrected chi connectivity index (χ0v) is 11.5. The Bertz CT molecular complexity index is 251. The summed E-state index contributed by atoms with van der Waals surface area (Å²) in [5.41, 5.74) is 0.430. The minimum absolute atomic E-state index is 0.355. The van der Waals surface area contributed by atoms with Gasteiger partial charge in [-0.05, 0) is 37.5 Å². The lowest BCUT2D eigenvalue weighted by Crippen LogP contribution is -2.43. The number of carboxylic acid groups (broad SMARTS) is 1. The SMILES string of the molecule is CCCC(NC1CCCC(C)(C)CC1)C(=O)O. The van der Waals surface area contributed by atoms with Crippen molar-refractivity contribution in [1.29, 1.82) is 0 Å². The van der Waals surface area contributed by atoms with Crippen molar-refractivity contribution in [1.82, 2.24) is 5.32 Å². The van der Waals surface area contributed by atoms with Gasteiger partial charge in [-0.3, -0.25) is 4.79 Å². The van der Waals surface area contributed by atoms with Crippen LogP contribution in [-0.4, -0.2) is 23.2 Å². The summed E-state index contributed by atoms with van der Waals surface area (Å²) in [6, 6.07) is 0.0376. The van der Waals surface area contributed by atoms with Crippen LogP contribution in [0.2, 0.25) is 0 Å². The molecule has 3 nitrogen and oxygen atoms in total. The van der Waals surface area contributed by atoms with Crippen LogP contribution < -0.4 is 5.32 Å². The van der Waals surface area contributed by atoms with Crippen LogP contribution in [-0.2, 0) is 4.79 Å². The first kappa shape index (κ1) is 14.5. The molecule has 0 radical (unpaired) electrons. The summed E-state index contributed by atoms with van der Waals surface area (Å²) in [5, 5.41) is 12.5. The van der Waals surface area contributed by atoms with Gasteiger partial charge in [0.2, 0.25) is 0 Å². The molecule has 2 unspecified atom stereocenters. The number of hydrogen-bond acceptors (Lipinski definition) is 2. The molecule has 2 N–H and O–H groups in total. The normalized spacial score (nSPS) is 26.2. The maximum atomic E-state index is 11.1. The Morgan fingerprint density at radius 3 is 2.71 bits per heavy atom. The summed E-state index contributed by atoms with van der Waals surface area (Å²) in [6.07, 6.45) is 7.55. The summed E-state index contributed by atoms with van der Waals surface area (Å²) < 4.78 is 0. The molecule has 3 heteroatoms. The van der Waals surface area contributed by atoms with Gasteiger partial charge in [0.1, 0.15) is 6.04 Å². The molecule has 0 bridgehead atoms. The first-order chi connectivity index (χ1) is 7.94. The highest BCUT2D eigenvalue weighted by Crippen LogP contribution is 2.33. The predicted octanol–water partition coefficient (Wildman–Crippen LogP) is 3.19. The number of carboxylic acids is 1. The van der Waals surface area contributed by atoms with Crippen molar-refractivity contribution in [2.45, 2.75) is 77.8 Å². The van der Waals surface area contributed by atoms with Gasteiger partial charge in [-0.2, -0.15) is 0 Å². The van der Waals surface area contributed by atoms with E-state index in [-0.39, 0.29) is 6.04 Å². The smallest absolute Gasteiger partial charge is 0.320 e. The fourth-order valence-electron chi connectivity index (χ4n) is 2.68. The van der Waals surface area contributed by atoms with E-state index in [0.717, 1.165) is 25.7 Å². The fourth-order valence-corrected chi connectivity index (χ4v) is 2.68. The van der Waals surface area contributed by atoms with Crippen molar-refractivity contribution >= 4 is 5.97 Å². The molecular weight excluding hydrogens is 214 g/mol. The molecule has 0 spiro atoms. The maximum absolute atomic E-state index is 11.1. The van der Waals surface area contributed by atoms with Gasteiger partial charge in [0.25, 0.3) is 0 Å². The van der Waals surface area contributed by atoms with Gasteiger partial charge in [-0.1, -0.05) is 33.6 Å². The number of hydrogen-bond donors (Lipinski definition) is 2. The summed E-state index contributed by atoms with van der Waals surface area (Å²) in [6.45, 7) is 6.67. The van der Waals surface area contributed by atoms with E-state index in [4.69, 9.17) is 5.11 Å². The number of rotatable bonds is 5. The van der Waals surface area contributed by atoms with Crippen LogP contribution in [0, 0.1) is 5.41 Å². The van der Waals surface area contributed by atoms with Gasteiger partial charge in [0, 0.05) is 6.04 Å². The van der Waals surface area contributed by atoms with Crippen molar-refractivity contribution in [2.75, 3.05) is 0 Å². The van der Waals surface area contributed by atoms with Gasteiger partial charge in [-0.15, -0.1) is 0 Å². The second-order valence-corrected chi connectivity index (χ2v) is 6.14. The Kier molecular flexibility index (Phi) is 5.44. The maximum Gasteiger partial charge on any atom is 0.320 e. The molecule has 1 fully saturated rings. The summed E-state index contributed by atoms with van der Waals surface area (Å²) >= 11 is 0. The van der Waals surface area contributed by atoms with Gasteiger partial charge in [0.15, 0.2) is 0 Å². The molecule has 2 atom stereocenters. The van der Waals surface area contributed by atoms with Gasteiger partial charge in [-0.25, -0.2) is 0 Å². The van der Waals surface area contributed by atoms with E-state index >= 15 is 0 Å². The Balaban J connectivity index is 2.47. The van der Waals surface area contributed by atoms with Crippen molar-refractivity contribution in [3.63, 3.8) is 0 Å². The van der Waals surface area contributed by atoms with Gasteiger partial charge in [0.05, 0.1) is 0 Å². The van der Waals surface area contributed by atoms with E-state index in [0.29, 0.717) is 11.5 Å². The zero-order chi connectivity index (χ0) is 12.9. The highest BCUT2D eigenvalue weighted by Gasteiger charge is 2.27. The first-order valence-electron chi connectivity index (χ1n) is 6.93. The van der Waals surface area contributed by atoms with Gasteiger partial charge < -0.3 is 10.4 Å². The van der Waals surface area contributed by atoms with E-state index in [2.05, 4.69) is 19.2 Å². The molecule has 1 aliphatic rings. The van der Waals surface area contributed by atoms with Crippen molar-refractivity contribution < 1.29 is 9.90 Å². The quantitative estimate of drug-likeness (QED) is 0.727. The van der Waals surface area contributed by atoms with Crippen LogP contribution in [0.1, 0.15) is 65.7 Å². The Hall–Kier alpha value is -0.570. The van der Waals surface area contributed by atoms with E-state index < -0.39 is 5.97 Å². The topological polar surface area (TPSA) is 49.3 Å². The summed E-state index contributed by atoms with van der Waals surface area (Å²) in [7, 11) is 0. The Labute approximate surface area is 105 Å². The van der Waals surface area contributed by atoms with Crippen molar-refractivity contribution in [3.05, 3.63) is 0 Å². The third kappa shape index (κ3) is 5.07. The van der Waals surface area contributed by atoms with Crippen molar-refractivity contribution in [2.24, 2.45) is 5.41 Å². The lowest BCUT2D eigenvalue weighted by atomic mass is 9.85. The van der Waals surface area contributed by atoms with E-state index in [1.807, 2.05) is 6.92 Å². The third-order valence-corrected chi connectivity index (χ3v) is 3.89. The molecule has 0 aromatic carbocycles. The predicted molar refractivity (Wildman–Crippen MR) is 70.1 cm³/mol. The van der Waals surface area contributed by atoms with Crippen LogP contribution in [0.15, 0.2) is 0 Å². The van der Waals surface area contributed by atoms with Crippen LogP contribution in [0.4, 0.5) is 0 Å². The van der Waals surface area contributed by atoms with E-state index in [1.54, 1.807) is 0 Å². The minimum atomic E-state index is -0.699. The van der Waals surface area contributed by atoms with Crippen LogP contribution in [0.3, 0.4) is 0 Å². The molecule has 1 saturated carbocycles. The summed E-state index contributed by atoms with van der Waals surface area (Å²) in [5.74, 6) is -0.699. The zero-order valence-electron chi connectivity index (χ0n) is 11.5. The number of aliphatic carboxylic acids is 1. The number of nitrogens with one attached hydrogen (secondary N) is 1. The number of carbonyl (C=O) groups is 1. The Morgan fingerprint density at radius 2 is 2.12 bits per heavy atom. The second kappa shape index (κ2) is 6.39. The Morgan fingerprint density at radius 1 is 1.41 bits per heavy atom. The molecule has 17 heavy (non-hydrogen) atoms. The average molecular weight is 241 g/mol. The third-order valence-electron chi connectivity index (χ3n) is 3.89. The van der Waals surface area contributed by atoms with Crippen molar-refractivity contribution in [3.8, 4) is 0 Å². The van der Waals surface area contributed by atoms with Crippen LogP contribution in [0.25, 0.3) is 0 Å². The van der Waals surface area contributed by atoms with E-state index in [9.17, 15) is 4.79 Å². The second-order valence-electron chi connectivity index (χ2n) is 6.14. The monoisotopic (exact) mass is 241 g/mol. The molecule has 0 heterocycles. The largest absolute Gasteiger partial charge is 0.480 e. The fraction of sp³-hybridized carbons (Fsp3) is 0.929. The first-order valence-corrected chi connectivity index (χ1v) is 6.93. The molecule has 0 aromatic rings. The van der Waals surface area contributed by atoms with Crippen LogP contribution in [0.5, 0.6) is 0 Å². The van der Waals surface area contributed by atoms with Crippen LogP contribution >= 0.6 is 0 Å². The molecule has 0 amide bonds. The van der Waals surface area contributed by atoms with Gasteiger partial charge >= 0.3 is 5.97 Å². The van der Waals surface area contributed by atoms with E-state index in [1.165, 1.54) is 19.3 Å². The molecule has 0 aliphatic heterocycles. The highest BCUT2D eigenvalue weighted by molar-refractivity contribution is 5.73. The molecule has 0 aromatic heterocycles. The molecular formula is C14H27NO2. The molecule has 0 saturated heterocycles. The molecule has 1 aliphatic carbocycles.